The van der Waals surface area contributed by atoms with Gasteiger partial charge in [0.2, 0.25) is 0 Å². The van der Waals surface area contributed by atoms with Crippen LogP contribution in [0.2, 0.25) is 0 Å². The third kappa shape index (κ3) is 2.74. The third-order valence-electron chi connectivity index (χ3n) is 1.92. The van der Waals surface area contributed by atoms with Crippen LogP contribution in [0.3, 0.4) is 0 Å². The molecule has 0 aliphatic rings. The van der Waals surface area contributed by atoms with Crippen molar-refractivity contribution >= 4 is 0 Å². The smallest absolute Gasteiger partial charge is 0.122 e. The maximum absolute atomic E-state index is 5.52. The Morgan fingerprint density at radius 3 is 2.62 bits per heavy atom. The molecule has 0 spiro atoms. The second-order valence-corrected chi connectivity index (χ2v) is 3.33. The normalized spacial score (nSPS) is 10.5. The molecule has 0 bridgehead atoms. The monoisotopic (exact) mass is 179 g/mol. The molecule has 1 rings (SSSR count). The van der Waals surface area contributed by atoms with E-state index in [9.17, 15) is 0 Å². The summed E-state index contributed by atoms with van der Waals surface area (Å²) in [5.74, 6) is 1.46. The van der Waals surface area contributed by atoms with Gasteiger partial charge in [-0.05, 0) is 17.5 Å². The second kappa shape index (κ2) is 4.87. The van der Waals surface area contributed by atoms with Crippen LogP contribution in [-0.4, -0.2) is 13.2 Å². The average Bonchev–Trinajstić information content (AvgIpc) is 2.15. The number of ether oxygens (including phenoxy) is 1. The molecule has 2 N–H and O–H groups in total. The highest BCUT2D eigenvalue weighted by Crippen LogP contribution is 2.25. The first-order valence-corrected chi connectivity index (χ1v) is 4.67. The number of hydrogen-bond donors (Lipinski definition) is 1. The van der Waals surface area contributed by atoms with Crippen LogP contribution in [0.25, 0.3) is 0 Å². The van der Waals surface area contributed by atoms with Crippen LogP contribution in [0.4, 0.5) is 0 Å². The Kier molecular flexibility index (Phi) is 3.77. The fourth-order valence-corrected chi connectivity index (χ4v) is 1.26. The van der Waals surface area contributed by atoms with E-state index >= 15 is 0 Å². The molecule has 0 amide bonds. The van der Waals surface area contributed by atoms with Gasteiger partial charge in [-0.15, -0.1) is 0 Å². The molecular weight excluding hydrogens is 162 g/mol. The van der Waals surface area contributed by atoms with Gasteiger partial charge in [0.15, 0.2) is 0 Å². The maximum Gasteiger partial charge on any atom is 0.122 e. The molecule has 1 aromatic rings. The lowest BCUT2D eigenvalue weighted by molar-refractivity contribution is 0.323. The quantitative estimate of drug-likeness (QED) is 0.768. The Morgan fingerprint density at radius 2 is 2.00 bits per heavy atom. The van der Waals surface area contributed by atoms with Gasteiger partial charge in [0.05, 0.1) is 0 Å². The molecule has 72 valence electrons. The molecule has 0 heterocycles. The molecule has 2 heteroatoms. The highest BCUT2D eigenvalue weighted by Gasteiger charge is 2.05. The third-order valence-corrected chi connectivity index (χ3v) is 1.92. The number of nitrogens with two attached hydrogens (primary N) is 1. The zero-order chi connectivity index (χ0) is 9.68. The molecule has 0 aliphatic carbocycles. The Labute approximate surface area is 79.7 Å². The van der Waals surface area contributed by atoms with Crippen LogP contribution >= 0.6 is 0 Å². The Hall–Kier alpha value is -1.02. The van der Waals surface area contributed by atoms with Crippen molar-refractivity contribution < 1.29 is 4.74 Å². The largest absolute Gasteiger partial charge is 0.492 e. The van der Waals surface area contributed by atoms with E-state index in [1.807, 2.05) is 18.2 Å². The summed E-state index contributed by atoms with van der Waals surface area (Å²) in [6.45, 7) is 5.46. The van der Waals surface area contributed by atoms with Crippen LogP contribution in [0.5, 0.6) is 5.75 Å². The van der Waals surface area contributed by atoms with Crippen molar-refractivity contribution in [3.8, 4) is 5.75 Å². The molecule has 1 aromatic carbocycles. The van der Waals surface area contributed by atoms with Crippen molar-refractivity contribution in [1.82, 2.24) is 0 Å². The minimum Gasteiger partial charge on any atom is -0.492 e. The summed E-state index contributed by atoms with van der Waals surface area (Å²) in [5, 5.41) is 0. The topological polar surface area (TPSA) is 35.2 Å². The molecular formula is C11H17NO. The van der Waals surface area contributed by atoms with Crippen molar-refractivity contribution in [3.63, 3.8) is 0 Å². The first-order chi connectivity index (χ1) is 6.25. The highest BCUT2D eigenvalue weighted by molar-refractivity contribution is 5.35. The van der Waals surface area contributed by atoms with Crippen LogP contribution < -0.4 is 10.5 Å². The van der Waals surface area contributed by atoms with E-state index < -0.39 is 0 Å². The molecule has 0 atom stereocenters. The fourth-order valence-electron chi connectivity index (χ4n) is 1.26. The standard InChI is InChI=1S/C11H17NO/c1-9(2)10-5-3-4-6-11(10)13-8-7-12/h3-6,9H,7-8,12H2,1-2H3. The molecule has 2 nitrogen and oxygen atoms in total. The maximum atomic E-state index is 5.52. The van der Waals surface area contributed by atoms with E-state index in [0.29, 0.717) is 19.1 Å². The van der Waals surface area contributed by atoms with Crippen LogP contribution in [0, 0.1) is 0 Å². The van der Waals surface area contributed by atoms with Gasteiger partial charge in [0, 0.05) is 6.54 Å². The van der Waals surface area contributed by atoms with Gasteiger partial charge in [-0.3, -0.25) is 0 Å². The zero-order valence-corrected chi connectivity index (χ0v) is 8.29. The zero-order valence-electron chi connectivity index (χ0n) is 8.29. The molecule has 0 aromatic heterocycles. The summed E-state index contributed by atoms with van der Waals surface area (Å²) >= 11 is 0. The minimum absolute atomic E-state index is 0.494. The summed E-state index contributed by atoms with van der Waals surface area (Å²) in [4.78, 5) is 0. The molecule has 0 aliphatic heterocycles. The number of rotatable bonds is 4. The lowest BCUT2D eigenvalue weighted by atomic mass is 10.0. The predicted molar refractivity (Wildman–Crippen MR) is 55.1 cm³/mol. The predicted octanol–water partition coefficient (Wildman–Crippen LogP) is 2.15. The van der Waals surface area contributed by atoms with Crippen LogP contribution in [-0.2, 0) is 0 Å². The van der Waals surface area contributed by atoms with E-state index in [0.717, 1.165) is 5.75 Å². The van der Waals surface area contributed by atoms with E-state index in [2.05, 4.69) is 19.9 Å². The lowest BCUT2D eigenvalue weighted by Gasteiger charge is -2.12. The van der Waals surface area contributed by atoms with Gasteiger partial charge in [0.1, 0.15) is 12.4 Å². The van der Waals surface area contributed by atoms with Crippen molar-refractivity contribution in [2.75, 3.05) is 13.2 Å². The number of hydrogen-bond acceptors (Lipinski definition) is 2. The Balaban J connectivity index is 2.78. The van der Waals surface area contributed by atoms with Crippen molar-refractivity contribution in [3.05, 3.63) is 29.8 Å². The van der Waals surface area contributed by atoms with Crippen molar-refractivity contribution in [2.45, 2.75) is 19.8 Å². The summed E-state index contributed by atoms with van der Waals surface area (Å²) in [6, 6.07) is 8.10. The van der Waals surface area contributed by atoms with Crippen molar-refractivity contribution in [2.24, 2.45) is 5.73 Å². The van der Waals surface area contributed by atoms with Gasteiger partial charge in [-0.1, -0.05) is 32.0 Å². The molecule has 0 fully saturated rings. The van der Waals surface area contributed by atoms with E-state index in [4.69, 9.17) is 10.5 Å². The minimum atomic E-state index is 0.494. The van der Waals surface area contributed by atoms with Crippen LogP contribution in [0.15, 0.2) is 24.3 Å². The van der Waals surface area contributed by atoms with E-state index in [-0.39, 0.29) is 0 Å². The molecule has 13 heavy (non-hydrogen) atoms. The van der Waals surface area contributed by atoms with Gasteiger partial charge in [-0.2, -0.15) is 0 Å². The Bertz CT molecular complexity index is 258. The number of benzene rings is 1. The second-order valence-electron chi connectivity index (χ2n) is 3.33. The molecule has 0 unspecified atom stereocenters. The van der Waals surface area contributed by atoms with E-state index in [1.165, 1.54) is 5.56 Å². The number of para-hydroxylation sites is 1. The Morgan fingerprint density at radius 1 is 1.31 bits per heavy atom. The van der Waals surface area contributed by atoms with Crippen LogP contribution in [0.1, 0.15) is 25.3 Å². The first kappa shape index (κ1) is 10.1. The summed E-state index contributed by atoms with van der Waals surface area (Å²) in [7, 11) is 0. The SMILES string of the molecule is CC(C)c1ccccc1OCCN. The van der Waals surface area contributed by atoms with Gasteiger partial charge >= 0.3 is 0 Å². The van der Waals surface area contributed by atoms with Gasteiger partial charge in [0.25, 0.3) is 0 Å². The van der Waals surface area contributed by atoms with Gasteiger partial charge in [-0.25, -0.2) is 0 Å². The first-order valence-electron chi connectivity index (χ1n) is 4.67. The summed E-state index contributed by atoms with van der Waals surface area (Å²) in [5.41, 5.74) is 6.62. The lowest BCUT2D eigenvalue weighted by Crippen LogP contribution is -2.11. The van der Waals surface area contributed by atoms with Gasteiger partial charge < -0.3 is 10.5 Å². The molecule has 0 saturated heterocycles. The molecule has 0 saturated carbocycles. The van der Waals surface area contributed by atoms with Crippen molar-refractivity contribution in [1.29, 1.82) is 0 Å². The average molecular weight is 179 g/mol. The summed E-state index contributed by atoms with van der Waals surface area (Å²) < 4.78 is 5.52. The fraction of sp³-hybridized carbons (Fsp3) is 0.455. The molecule has 0 radical (unpaired) electrons. The summed E-state index contributed by atoms with van der Waals surface area (Å²) in [6.07, 6.45) is 0. The van der Waals surface area contributed by atoms with E-state index in [1.54, 1.807) is 0 Å². The highest BCUT2D eigenvalue weighted by atomic mass is 16.5.